The molecule has 3 aliphatic rings. The molecule has 0 bridgehead atoms. The number of pyridine rings is 1. The lowest BCUT2D eigenvalue weighted by Gasteiger charge is -2.19. The van der Waals surface area contributed by atoms with E-state index in [1.165, 1.54) is 34.7 Å². The lowest BCUT2D eigenvalue weighted by molar-refractivity contribution is -0.670. The van der Waals surface area contributed by atoms with Crippen LogP contribution in [0.25, 0.3) is 32.4 Å². The Hall–Kier alpha value is -3.54. The van der Waals surface area contributed by atoms with Crippen molar-refractivity contribution in [3.8, 4) is 17.2 Å². The third-order valence-corrected chi connectivity index (χ3v) is 7.82. The third-order valence-electron chi connectivity index (χ3n) is 7.82. The van der Waals surface area contributed by atoms with Gasteiger partial charge in [0.2, 0.25) is 18.2 Å². The quantitative estimate of drug-likeness (QED) is 0.337. The van der Waals surface area contributed by atoms with Gasteiger partial charge in [-0.2, -0.15) is 4.57 Å². The number of hydrogen-bond donors (Lipinski definition) is 1. The average Bonchev–Trinajstić information content (AvgIpc) is 3.54. The minimum absolute atomic E-state index is 0.0740. The van der Waals surface area contributed by atoms with E-state index >= 15 is 0 Å². The molecule has 0 spiro atoms. The van der Waals surface area contributed by atoms with E-state index in [1.807, 2.05) is 6.07 Å². The summed E-state index contributed by atoms with van der Waals surface area (Å²) in [4.78, 5) is 13.0. The molecule has 0 atom stereocenters. The monoisotopic (exact) mass is 455 g/mol. The zero-order chi connectivity index (χ0) is 22.8. The van der Waals surface area contributed by atoms with Crippen LogP contribution in [0.2, 0.25) is 0 Å². The lowest BCUT2D eigenvalue weighted by atomic mass is 9.92. The predicted molar refractivity (Wildman–Crippen MR) is 131 cm³/mol. The number of benzene rings is 3. The van der Waals surface area contributed by atoms with Crippen LogP contribution in [0.1, 0.15) is 37.7 Å². The second-order valence-electron chi connectivity index (χ2n) is 9.73. The van der Waals surface area contributed by atoms with Crippen molar-refractivity contribution in [2.45, 2.75) is 45.1 Å². The minimum Gasteiger partial charge on any atom is -0.495 e. The number of fused-ring (bicyclic) bond motifs is 4. The van der Waals surface area contributed by atoms with Crippen LogP contribution >= 0.6 is 0 Å². The molecule has 0 unspecified atom stereocenters. The van der Waals surface area contributed by atoms with Crippen LogP contribution < -0.4 is 24.1 Å². The van der Waals surface area contributed by atoms with Crippen LogP contribution in [0.15, 0.2) is 36.5 Å². The Morgan fingerprint density at radius 3 is 2.76 bits per heavy atom. The smallest absolute Gasteiger partial charge is 0.231 e. The van der Waals surface area contributed by atoms with Crippen LogP contribution in [-0.4, -0.2) is 19.8 Å². The molecule has 1 aliphatic carbocycles. The molecule has 1 amide bonds. The highest BCUT2D eigenvalue weighted by Crippen LogP contribution is 2.46. The van der Waals surface area contributed by atoms with Crippen LogP contribution in [0.5, 0.6) is 17.2 Å². The maximum Gasteiger partial charge on any atom is 0.231 e. The number of nitrogens with zero attached hydrogens (tertiary/aromatic N) is 1. The Labute approximate surface area is 197 Å². The van der Waals surface area contributed by atoms with Gasteiger partial charge in [0.25, 0.3) is 0 Å². The van der Waals surface area contributed by atoms with E-state index in [4.69, 9.17) is 14.2 Å². The number of anilines is 1. The number of ether oxygens (including phenoxy) is 3. The van der Waals surface area contributed by atoms with E-state index in [-0.39, 0.29) is 12.7 Å². The zero-order valence-corrected chi connectivity index (χ0v) is 19.3. The van der Waals surface area contributed by atoms with Gasteiger partial charge in [0, 0.05) is 23.6 Å². The number of rotatable bonds is 4. The zero-order valence-electron chi connectivity index (χ0n) is 19.3. The fourth-order valence-corrected chi connectivity index (χ4v) is 6.23. The van der Waals surface area contributed by atoms with E-state index in [0.717, 1.165) is 59.2 Å². The molecule has 0 radical (unpaired) electrons. The van der Waals surface area contributed by atoms with Gasteiger partial charge in [-0.3, -0.25) is 4.79 Å². The summed E-state index contributed by atoms with van der Waals surface area (Å²) in [6.45, 7) is 1.14. The summed E-state index contributed by atoms with van der Waals surface area (Å²) in [5.41, 5.74) is 3.27. The molecule has 6 heteroatoms. The fraction of sp³-hybridized carbons (Fsp3) is 0.357. The van der Waals surface area contributed by atoms with Crippen molar-refractivity contribution in [3.63, 3.8) is 0 Å². The van der Waals surface area contributed by atoms with Gasteiger partial charge in [0.05, 0.1) is 29.0 Å². The number of hydrogen-bond acceptors (Lipinski definition) is 4. The van der Waals surface area contributed by atoms with Crippen LogP contribution in [0, 0.1) is 5.92 Å². The van der Waals surface area contributed by atoms with Crippen molar-refractivity contribution in [1.82, 2.24) is 0 Å². The van der Waals surface area contributed by atoms with Crippen LogP contribution in [-0.2, 0) is 17.8 Å². The first-order chi connectivity index (χ1) is 16.7. The van der Waals surface area contributed by atoms with E-state index in [1.54, 1.807) is 7.11 Å². The molecule has 7 rings (SSSR count). The Balaban J connectivity index is 1.43. The van der Waals surface area contributed by atoms with Crippen molar-refractivity contribution in [3.05, 3.63) is 42.1 Å². The summed E-state index contributed by atoms with van der Waals surface area (Å²) in [7, 11) is 1.66. The van der Waals surface area contributed by atoms with Gasteiger partial charge in [-0.1, -0.05) is 12.8 Å². The standard InChI is InChI=1S/C28H26N2O4/c1-32-22-9-8-18-19-6-7-20-25-17(13-23-28(20)34-15-33-23)10-11-30(27(19)25)14-21(18)26(22)29-24(31)12-16-4-2-3-5-16/h6-9,13-14,16H,2-5,10-12,15H2,1H3/p+1. The molecule has 3 aromatic carbocycles. The first kappa shape index (κ1) is 19.9. The second kappa shape index (κ2) is 7.49. The Morgan fingerprint density at radius 1 is 1.09 bits per heavy atom. The molecule has 1 N–H and O–H groups in total. The molecule has 0 saturated heterocycles. The van der Waals surface area contributed by atoms with E-state index in [0.29, 0.717) is 18.1 Å². The molecule has 1 saturated carbocycles. The highest BCUT2D eigenvalue weighted by molar-refractivity contribution is 6.19. The number of nitrogens with one attached hydrogen (secondary N) is 1. The normalized spacial score (nSPS) is 16.7. The van der Waals surface area contributed by atoms with Gasteiger partial charge < -0.3 is 19.5 Å². The maximum absolute atomic E-state index is 13.0. The molecule has 34 heavy (non-hydrogen) atoms. The SMILES string of the molecule is COc1ccc2c(c[n+]3c4c2ccc2c5c(cc(c24)CC3)OCO5)c1NC(=O)CC1CCCC1. The molecule has 1 fully saturated rings. The second-order valence-corrected chi connectivity index (χ2v) is 9.73. The summed E-state index contributed by atoms with van der Waals surface area (Å²) in [5.74, 6) is 2.94. The van der Waals surface area contributed by atoms with Crippen molar-refractivity contribution in [1.29, 1.82) is 0 Å². The van der Waals surface area contributed by atoms with Crippen molar-refractivity contribution < 1.29 is 23.6 Å². The molecular formula is C28H27N2O4+. The topological polar surface area (TPSA) is 60.7 Å². The summed E-state index contributed by atoms with van der Waals surface area (Å²) in [6, 6.07) is 10.5. The predicted octanol–water partition coefficient (Wildman–Crippen LogP) is 5.25. The highest BCUT2D eigenvalue weighted by Gasteiger charge is 2.30. The molecule has 6 nitrogen and oxygen atoms in total. The summed E-state index contributed by atoms with van der Waals surface area (Å²) < 4.78 is 19.5. The van der Waals surface area contributed by atoms with E-state index in [2.05, 4.69) is 40.3 Å². The number of aryl methyl sites for hydroxylation is 2. The van der Waals surface area contributed by atoms with Crippen molar-refractivity contribution >= 4 is 44.0 Å². The van der Waals surface area contributed by atoms with Gasteiger partial charge in [-0.05, 0) is 54.7 Å². The first-order valence-electron chi connectivity index (χ1n) is 12.2. The lowest BCUT2D eigenvalue weighted by Crippen LogP contribution is -2.38. The molecule has 4 aromatic rings. The largest absolute Gasteiger partial charge is 0.495 e. The van der Waals surface area contributed by atoms with E-state index in [9.17, 15) is 4.79 Å². The minimum atomic E-state index is 0.0740. The molecule has 1 aromatic heterocycles. The summed E-state index contributed by atoms with van der Waals surface area (Å²) >= 11 is 0. The number of methoxy groups -OCH3 is 1. The highest BCUT2D eigenvalue weighted by atomic mass is 16.7. The Morgan fingerprint density at radius 2 is 1.91 bits per heavy atom. The van der Waals surface area contributed by atoms with Gasteiger partial charge in [0.15, 0.2) is 24.2 Å². The summed E-state index contributed by atoms with van der Waals surface area (Å²) in [5, 5.41) is 8.84. The van der Waals surface area contributed by atoms with E-state index < -0.39 is 0 Å². The van der Waals surface area contributed by atoms with Gasteiger partial charge in [0.1, 0.15) is 5.75 Å². The van der Waals surface area contributed by atoms with Crippen LogP contribution in [0.3, 0.4) is 0 Å². The molecule has 172 valence electrons. The van der Waals surface area contributed by atoms with Gasteiger partial charge in [-0.15, -0.1) is 0 Å². The number of carbonyl (C=O) groups is 1. The molecule has 2 aliphatic heterocycles. The van der Waals surface area contributed by atoms with Crippen molar-refractivity contribution in [2.75, 3.05) is 19.2 Å². The average molecular weight is 456 g/mol. The van der Waals surface area contributed by atoms with Crippen molar-refractivity contribution in [2.24, 2.45) is 5.92 Å². The number of aromatic nitrogens is 1. The molecular weight excluding hydrogens is 428 g/mol. The first-order valence-corrected chi connectivity index (χ1v) is 12.2. The summed E-state index contributed by atoms with van der Waals surface area (Å²) in [6.07, 6.45) is 8.45. The number of amides is 1. The van der Waals surface area contributed by atoms with Gasteiger partial charge >= 0.3 is 0 Å². The fourth-order valence-electron chi connectivity index (χ4n) is 6.23. The Kier molecular flexibility index (Phi) is 4.38. The third kappa shape index (κ3) is 2.87. The molecule has 3 heterocycles. The number of carbonyl (C=O) groups excluding carboxylic acids is 1. The Bertz CT molecular complexity index is 1500. The maximum atomic E-state index is 13.0. The van der Waals surface area contributed by atoms with Crippen LogP contribution in [0.4, 0.5) is 5.69 Å². The van der Waals surface area contributed by atoms with Gasteiger partial charge in [-0.25, -0.2) is 0 Å².